The molecule has 0 radical (unpaired) electrons. The zero-order valence-corrected chi connectivity index (χ0v) is 14.2. The predicted molar refractivity (Wildman–Crippen MR) is 96.8 cm³/mol. The molecule has 0 unspecified atom stereocenters. The van der Waals surface area contributed by atoms with Crippen LogP contribution in [0.2, 0.25) is 0 Å². The van der Waals surface area contributed by atoms with E-state index in [0.29, 0.717) is 27.7 Å². The number of aromatic hydroxyl groups is 1. The van der Waals surface area contributed by atoms with Crippen molar-refractivity contribution in [3.05, 3.63) is 52.1 Å². The molecule has 6 heteroatoms. The molecule has 0 spiro atoms. The van der Waals surface area contributed by atoms with E-state index < -0.39 is 5.91 Å². The number of nitrogen functional groups attached to an aromatic ring is 1. The second kappa shape index (κ2) is 5.56. The Hall–Kier alpha value is -3.46. The summed E-state index contributed by atoms with van der Waals surface area (Å²) in [6, 6.07) is 8.96. The summed E-state index contributed by atoms with van der Waals surface area (Å²) in [5.74, 6) is -0.329. The van der Waals surface area contributed by atoms with Crippen LogP contribution in [0.25, 0.3) is 16.6 Å². The normalized spacial score (nSPS) is 10.8. The van der Waals surface area contributed by atoms with Crippen molar-refractivity contribution in [2.24, 2.45) is 5.73 Å². The molecule has 3 aromatic rings. The number of nitrogens with two attached hydrogens (primary N) is 2. The molecule has 0 saturated carbocycles. The summed E-state index contributed by atoms with van der Waals surface area (Å²) >= 11 is 0. The molecule has 2 aromatic carbocycles. The minimum Gasteiger partial charge on any atom is -0.508 e. The largest absolute Gasteiger partial charge is 0.508 e. The molecular weight excluding hydrogens is 316 g/mol. The molecule has 0 aliphatic carbocycles. The van der Waals surface area contributed by atoms with Crippen molar-refractivity contribution < 1.29 is 9.90 Å². The first-order valence-corrected chi connectivity index (χ1v) is 7.71. The summed E-state index contributed by atoms with van der Waals surface area (Å²) in [6.45, 7) is 5.45. The minimum absolute atomic E-state index is 0.120. The van der Waals surface area contributed by atoms with E-state index in [9.17, 15) is 15.2 Å². The van der Waals surface area contributed by atoms with Gasteiger partial charge in [0.05, 0.1) is 28.4 Å². The van der Waals surface area contributed by atoms with E-state index in [1.807, 2.05) is 6.92 Å². The topological polar surface area (TPSA) is 118 Å². The number of anilines is 1. The van der Waals surface area contributed by atoms with Crippen molar-refractivity contribution in [2.75, 3.05) is 5.73 Å². The number of primary amides is 1. The maximum atomic E-state index is 12.0. The maximum Gasteiger partial charge on any atom is 0.253 e. The Bertz CT molecular complexity index is 1090. The van der Waals surface area contributed by atoms with Crippen LogP contribution < -0.4 is 11.5 Å². The number of hydrogen-bond donors (Lipinski definition) is 3. The minimum atomic E-state index is -0.638. The van der Waals surface area contributed by atoms with Gasteiger partial charge in [0.15, 0.2) is 0 Å². The van der Waals surface area contributed by atoms with E-state index >= 15 is 0 Å². The highest BCUT2D eigenvalue weighted by Crippen LogP contribution is 2.37. The lowest BCUT2D eigenvalue weighted by molar-refractivity contribution is 0.100. The average molecular weight is 334 g/mol. The van der Waals surface area contributed by atoms with Crippen LogP contribution in [0.5, 0.6) is 5.75 Å². The third kappa shape index (κ3) is 2.29. The molecule has 0 saturated heterocycles. The molecular formula is C19H18N4O2. The molecule has 1 amide bonds. The van der Waals surface area contributed by atoms with Crippen molar-refractivity contribution in [3.63, 3.8) is 0 Å². The van der Waals surface area contributed by atoms with Gasteiger partial charge in [-0.2, -0.15) is 5.26 Å². The van der Waals surface area contributed by atoms with Crippen LogP contribution in [0.1, 0.15) is 32.6 Å². The van der Waals surface area contributed by atoms with Crippen LogP contribution in [0.4, 0.5) is 5.82 Å². The number of amides is 1. The van der Waals surface area contributed by atoms with E-state index in [2.05, 4.69) is 6.07 Å². The smallest absolute Gasteiger partial charge is 0.253 e. The lowest BCUT2D eigenvalue weighted by Crippen LogP contribution is -2.14. The van der Waals surface area contributed by atoms with Gasteiger partial charge in [-0.3, -0.25) is 9.36 Å². The highest BCUT2D eigenvalue weighted by Gasteiger charge is 2.23. The Labute approximate surface area is 144 Å². The molecule has 1 aromatic heterocycles. The molecule has 1 heterocycles. The number of phenols is 1. The van der Waals surface area contributed by atoms with E-state index in [0.717, 1.165) is 11.1 Å². The molecule has 0 aliphatic heterocycles. The summed E-state index contributed by atoms with van der Waals surface area (Å²) in [6.07, 6.45) is 0. The molecule has 5 N–H and O–H groups in total. The number of aromatic nitrogens is 1. The van der Waals surface area contributed by atoms with E-state index in [1.165, 1.54) is 0 Å². The van der Waals surface area contributed by atoms with Gasteiger partial charge in [-0.15, -0.1) is 0 Å². The van der Waals surface area contributed by atoms with Crippen LogP contribution in [-0.2, 0) is 0 Å². The lowest BCUT2D eigenvalue weighted by atomic mass is 10.0. The number of nitrogens with zero attached hydrogens (tertiary/aromatic N) is 2. The Morgan fingerprint density at radius 1 is 1.20 bits per heavy atom. The van der Waals surface area contributed by atoms with Gasteiger partial charge in [-0.1, -0.05) is 6.07 Å². The first-order valence-electron chi connectivity index (χ1n) is 7.71. The Morgan fingerprint density at radius 3 is 2.48 bits per heavy atom. The molecule has 126 valence electrons. The summed E-state index contributed by atoms with van der Waals surface area (Å²) in [7, 11) is 0. The van der Waals surface area contributed by atoms with Gasteiger partial charge in [0.25, 0.3) is 5.91 Å². The molecule has 0 bridgehead atoms. The second-order valence-corrected chi connectivity index (χ2v) is 6.13. The van der Waals surface area contributed by atoms with E-state index in [-0.39, 0.29) is 17.1 Å². The number of hydrogen-bond acceptors (Lipinski definition) is 4. The fourth-order valence-corrected chi connectivity index (χ4v) is 3.25. The predicted octanol–water partition coefficient (Wildman–Crippen LogP) is 2.81. The number of carbonyl (C=O) groups is 1. The third-order valence-corrected chi connectivity index (χ3v) is 4.54. The van der Waals surface area contributed by atoms with Gasteiger partial charge < -0.3 is 16.6 Å². The second-order valence-electron chi connectivity index (χ2n) is 6.13. The Kier molecular flexibility index (Phi) is 3.65. The standard InChI is InChI=1S/C19H18N4O2/c1-9-4-5-15(24)11(3)17(9)23-14-7-12(8-20)10(2)6-13(14)16(18(23)21)19(22)25/h4-7,24H,21H2,1-3H3,(H2,22,25). The van der Waals surface area contributed by atoms with Crippen LogP contribution >= 0.6 is 0 Å². The summed E-state index contributed by atoms with van der Waals surface area (Å²) in [4.78, 5) is 12.0. The van der Waals surface area contributed by atoms with Crippen molar-refractivity contribution in [1.82, 2.24) is 4.57 Å². The number of fused-ring (bicyclic) bond motifs is 1. The average Bonchev–Trinajstić information content (AvgIpc) is 2.82. The van der Waals surface area contributed by atoms with Crippen LogP contribution in [-0.4, -0.2) is 15.6 Å². The fourth-order valence-electron chi connectivity index (χ4n) is 3.25. The SMILES string of the molecule is Cc1cc2c(C(N)=O)c(N)n(-c3c(C)ccc(O)c3C)c2cc1C#N. The van der Waals surface area contributed by atoms with Gasteiger partial charge in [-0.25, -0.2) is 0 Å². The number of benzene rings is 2. The quantitative estimate of drug-likeness (QED) is 0.667. The number of aryl methyl sites for hydroxylation is 2. The summed E-state index contributed by atoms with van der Waals surface area (Å²) in [5, 5.41) is 20.1. The molecule has 0 atom stereocenters. The van der Waals surface area contributed by atoms with Crippen molar-refractivity contribution in [1.29, 1.82) is 5.26 Å². The monoisotopic (exact) mass is 334 g/mol. The lowest BCUT2D eigenvalue weighted by Gasteiger charge is -2.16. The van der Waals surface area contributed by atoms with Gasteiger partial charge in [0.1, 0.15) is 11.6 Å². The van der Waals surface area contributed by atoms with E-state index in [1.54, 1.807) is 42.7 Å². The molecule has 0 fully saturated rings. The summed E-state index contributed by atoms with van der Waals surface area (Å²) in [5.41, 5.74) is 16.0. The fraction of sp³-hybridized carbons (Fsp3) is 0.158. The first kappa shape index (κ1) is 16.4. The molecule has 0 aliphatic rings. The number of carbonyl (C=O) groups excluding carboxylic acids is 1. The van der Waals surface area contributed by atoms with Crippen LogP contribution in [0, 0.1) is 32.1 Å². The zero-order chi connectivity index (χ0) is 18.5. The maximum absolute atomic E-state index is 12.0. The highest BCUT2D eigenvalue weighted by atomic mass is 16.3. The summed E-state index contributed by atoms with van der Waals surface area (Å²) < 4.78 is 1.68. The third-order valence-electron chi connectivity index (χ3n) is 4.54. The highest BCUT2D eigenvalue weighted by molar-refractivity contribution is 6.12. The van der Waals surface area contributed by atoms with Crippen molar-refractivity contribution >= 4 is 22.6 Å². The van der Waals surface area contributed by atoms with E-state index in [4.69, 9.17) is 11.5 Å². The number of nitriles is 1. The van der Waals surface area contributed by atoms with Crippen LogP contribution in [0.15, 0.2) is 24.3 Å². The van der Waals surface area contributed by atoms with Crippen LogP contribution in [0.3, 0.4) is 0 Å². The van der Waals surface area contributed by atoms with Gasteiger partial charge in [0.2, 0.25) is 0 Å². The Balaban J connectivity index is 2.57. The van der Waals surface area contributed by atoms with Crippen molar-refractivity contribution in [2.45, 2.75) is 20.8 Å². The molecule has 6 nitrogen and oxygen atoms in total. The van der Waals surface area contributed by atoms with Gasteiger partial charge in [0, 0.05) is 10.9 Å². The van der Waals surface area contributed by atoms with Gasteiger partial charge in [-0.05, 0) is 50.1 Å². The Morgan fingerprint density at radius 2 is 1.88 bits per heavy atom. The first-order chi connectivity index (χ1) is 11.8. The van der Waals surface area contributed by atoms with Crippen molar-refractivity contribution in [3.8, 4) is 17.5 Å². The number of phenolic OH excluding ortho intramolecular Hbond substituents is 1. The van der Waals surface area contributed by atoms with Gasteiger partial charge >= 0.3 is 0 Å². The molecule has 3 rings (SSSR count). The zero-order valence-electron chi connectivity index (χ0n) is 14.2. The number of rotatable bonds is 2. The molecule has 25 heavy (non-hydrogen) atoms.